The standard InChI is InChI=1S/C16H15NO4/c1-21-12-8-6-11(7-9-12)13-4-2-3-5-14(13)16(20)17-10-15(18)19/h2-9H,10H2,1H3,(H,17,20)(H,18,19). The van der Waals surface area contributed by atoms with E-state index < -0.39 is 18.4 Å². The molecule has 0 unspecified atom stereocenters. The van der Waals surface area contributed by atoms with Crippen molar-refractivity contribution >= 4 is 11.9 Å². The van der Waals surface area contributed by atoms with Crippen molar-refractivity contribution in [1.29, 1.82) is 0 Å². The third kappa shape index (κ3) is 3.60. The highest BCUT2D eigenvalue weighted by Crippen LogP contribution is 2.25. The lowest BCUT2D eigenvalue weighted by Crippen LogP contribution is -2.29. The molecule has 0 aliphatic heterocycles. The molecule has 21 heavy (non-hydrogen) atoms. The molecular formula is C16H15NO4. The van der Waals surface area contributed by atoms with Crippen molar-refractivity contribution in [1.82, 2.24) is 5.32 Å². The maximum Gasteiger partial charge on any atom is 0.322 e. The second-order valence-electron chi connectivity index (χ2n) is 4.35. The van der Waals surface area contributed by atoms with Gasteiger partial charge in [0.15, 0.2) is 0 Å². The minimum Gasteiger partial charge on any atom is -0.497 e. The van der Waals surface area contributed by atoms with Gasteiger partial charge in [-0.25, -0.2) is 0 Å². The van der Waals surface area contributed by atoms with Crippen molar-refractivity contribution < 1.29 is 19.4 Å². The fourth-order valence-corrected chi connectivity index (χ4v) is 1.95. The Hall–Kier alpha value is -2.82. The van der Waals surface area contributed by atoms with Crippen LogP contribution in [0, 0.1) is 0 Å². The van der Waals surface area contributed by atoms with Crippen molar-refractivity contribution in [2.75, 3.05) is 13.7 Å². The zero-order chi connectivity index (χ0) is 15.2. The van der Waals surface area contributed by atoms with Gasteiger partial charge in [-0.2, -0.15) is 0 Å². The van der Waals surface area contributed by atoms with E-state index in [1.807, 2.05) is 24.3 Å². The van der Waals surface area contributed by atoms with E-state index in [-0.39, 0.29) is 0 Å². The topological polar surface area (TPSA) is 75.6 Å². The van der Waals surface area contributed by atoms with Crippen LogP contribution in [0.4, 0.5) is 0 Å². The summed E-state index contributed by atoms with van der Waals surface area (Å²) in [5, 5.41) is 11.0. The summed E-state index contributed by atoms with van der Waals surface area (Å²) in [4.78, 5) is 22.6. The first kappa shape index (κ1) is 14.6. The van der Waals surface area contributed by atoms with Crippen molar-refractivity contribution in [2.45, 2.75) is 0 Å². The molecule has 2 N–H and O–H groups in total. The lowest BCUT2D eigenvalue weighted by Gasteiger charge is -2.10. The molecule has 0 atom stereocenters. The summed E-state index contributed by atoms with van der Waals surface area (Å²) in [6.45, 7) is -0.407. The summed E-state index contributed by atoms with van der Waals surface area (Å²) in [5.41, 5.74) is 2.03. The number of benzene rings is 2. The first-order valence-corrected chi connectivity index (χ1v) is 6.35. The van der Waals surface area contributed by atoms with E-state index in [1.54, 1.807) is 31.4 Å². The maximum atomic E-state index is 12.1. The number of carboxylic acid groups (broad SMARTS) is 1. The van der Waals surface area contributed by atoms with Crippen LogP contribution in [0.25, 0.3) is 11.1 Å². The summed E-state index contributed by atoms with van der Waals surface area (Å²) in [7, 11) is 1.59. The van der Waals surface area contributed by atoms with Crippen molar-refractivity contribution in [3.8, 4) is 16.9 Å². The second kappa shape index (κ2) is 6.56. The van der Waals surface area contributed by atoms with Gasteiger partial charge >= 0.3 is 5.97 Å². The summed E-state index contributed by atoms with van der Waals surface area (Å²) in [5.74, 6) is -0.763. The van der Waals surface area contributed by atoms with Crippen LogP contribution in [0.15, 0.2) is 48.5 Å². The number of hydrogen-bond acceptors (Lipinski definition) is 3. The SMILES string of the molecule is COc1ccc(-c2ccccc2C(=O)NCC(=O)O)cc1. The van der Waals surface area contributed by atoms with Gasteiger partial charge in [0.25, 0.3) is 5.91 Å². The minimum absolute atomic E-state index is 0.407. The predicted octanol–water partition coefficient (Wildman–Crippen LogP) is 2.18. The normalized spacial score (nSPS) is 9.95. The van der Waals surface area contributed by atoms with E-state index in [1.165, 1.54) is 0 Å². The van der Waals surface area contributed by atoms with Crippen LogP contribution in [-0.2, 0) is 4.79 Å². The van der Waals surface area contributed by atoms with Gasteiger partial charge in [0.1, 0.15) is 12.3 Å². The van der Waals surface area contributed by atoms with E-state index in [0.29, 0.717) is 5.56 Å². The maximum absolute atomic E-state index is 12.1. The van der Waals surface area contributed by atoms with Gasteiger partial charge in [-0.05, 0) is 29.3 Å². The van der Waals surface area contributed by atoms with E-state index in [0.717, 1.165) is 16.9 Å². The van der Waals surface area contributed by atoms with Crippen LogP contribution >= 0.6 is 0 Å². The molecule has 0 saturated carbocycles. The highest BCUT2D eigenvalue weighted by molar-refractivity contribution is 6.01. The highest BCUT2D eigenvalue weighted by atomic mass is 16.5. The Morgan fingerprint density at radius 2 is 1.76 bits per heavy atom. The third-order valence-electron chi connectivity index (χ3n) is 2.97. The average Bonchev–Trinajstić information content (AvgIpc) is 2.52. The third-order valence-corrected chi connectivity index (χ3v) is 2.97. The molecule has 0 spiro atoms. The lowest BCUT2D eigenvalue weighted by molar-refractivity contribution is -0.135. The van der Waals surface area contributed by atoms with Crippen LogP contribution in [0.1, 0.15) is 10.4 Å². The number of ether oxygens (including phenoxy) is 1. The molecule has 2 rings (SSSR count). The molecular weight excluding hydrogens is 270 g/mol. The molecule has 0 fully saturated rings. The fourth-order valence-electron chi connectivity index (χ4n) is 1.95. The number of hydrogen-bond donors (Lipinski definition) is 2. The number of carbonyl (C=O) groups excluding carboxylic acids is 1. The predicted molar refractivity (Wildman–Crippen MR) is 78.4 cm³/mol. The van der Waals surface area contributed by atoms with Gasteiger partial charge in [-0.15, -0.1) is 0 Å². The Balaban J connectivity index is 2.31. The van der Waals surface area contributed by atoms with Crippen LogP contribution < -0.4 is 10.1 Å². The number of carbonyl (C=O) groups is 2. The zero-order valence-corrected chi connectivity index (χ0v) is 11.5. The quantitative estimate of drug-likeness (QED) is 0.883. The van der Waals surface area contributed by atoms with Crippen LogP contribution in [-0.4, -0.2) is 30.6 Å². The van der Waals surface area contributed by atoms with Crippen LogP contribution in [0.5, 0.6) is 5.75 Å². The van der Waals surface area contributed by atoms with Crippen LogP contribution in [0.2, 0.25) is 0 Å². The van der Waals surface area contributed by atoms with Gasteiger partial charge in [0.05, 0.1) is 7.11 Å². The fraction of sp³-hybridized carbons (Fsp3) is 0.125. The molecule has 0 bridgehead atoms. The van der Waals surface area contributed by atoms with Gasteiger partial charge < -0.3 is 15.2 Å². The molecule has 0 aliphatic carbocycles. The Morgan fingerprint density at radius 3 is 2.38 bits per heavy atom. The van der Waals surface area contributed by atoms with Gasteiger partial charge in [0, 0.05) is 5.56 Å². The Kier molecular flexibility index (Phi) is 4.56. The summed E-state index contributed by atoms with van der Waals surface area (Å²) < 4.78 is 5.10. The second-order valence-corrected chi connectivity index (χ2v) is 4.35. The Bertz CT molecular complexity index is 650. The molecule has 0 aliphatic rings. The van der Waals surface area contributed by atoms with Gasteiger partial charge in [0.2, 0.25) is 0 Å². The summed E-state index contributed by atoms with van der Waals surface area (Å²) in [6.07, 6.45) is 0. The van der Waals surface area contributed by atoms with E-state index >= 15 is 0 Å². The number of rotatable bonds is 5. The number of methoxy groups -OCH3 is 1. The van der Waals surface area contributed by atoms with Crippen molar-refractivity contribution in [3.05, 3.63) is 54.1 Å². The van der Waals surface area contributed by atoms with Crippen LogP contribution in [0.3, 0.4) is 0 Å². The average molecular weight is 285 g/mol. The minimum atomic E-state index is -1.08. The summed E-state index contributed by atoms with van der Waals surface area (Å²) in [6, 6.07) is 14.4. The van der Waals surface area contributed by atoms with Gasteiger partial charge in [-0.1, -0.05) is 30.3 Å². The molecule has 2 aromatic carbocycles. The smallest absolute Gasteiger partial charge is 0.322 e. The number of aliphatic carboxylic acids is 1. The van der Waals surface area contributed by atoms with Gasteiger partial charge in [-0.3, -0.25) is 9.59 Å². The molecule has 0 saturated heterocycles. The molecule has 108 valence electrons. The molecule has 2 aromatic rings. The van der Waals surface area contributed by atoms with E-state index in [9.17, 15) is 9.59 Å². The number of amides is 1. The number of carboxylic acids is 1. The molecule has 5 heteroatoms. The first-order chi connectivity index (χ1) is 10.1. The molecule has 5 nitrogen and oxygen atoms in total. The Morgan fingerprint density at radius 1 is 1.10 bits per heavy atom. The first-order valence-electron chi connectivity index (χ1n) is 6.35. The molecule has 1 amide bonds. The molecule has 0 heterocycles. The lowest BCUT2D eigenvalue weighted by atomic mass is 9.99. The van der Waals surface area contributed by atoms with E-state index in [2.05, 4.69) is 5.32 Å². The monoisotopic (exact) mass is 285 g/mol. The zero-order valence-electron chi connectivity index (χ0n) is 11.5. The Labute approximate surface area is 122 Å². The largest absolute Gasteiger partial charge is 0.497 e. The summed E-state index contributed by atoms with van der Waals surface area (Å²) >= 11 is 0. The molecule has 0 aromatic heterocycles. The number of nitrogens with one attached hydrogen (secondary N) is 1. The van der Waals surface area contributed by atoms with Crippen molar-refractivity contribution in [3.63, 3.8) is 0 Å². The molecule has 0 radical (unpaired) electrons. The highest BCUT2D eigenvalue weighted by Gasteiger charge is 2.13. The van der Waals surface area contributed by atoms with E-state index in [4.69, 9.17) is 9.84 Å². The van der Waals surface area contributed by atoms with Crippen molar-refractivity contribution in [2.24, 2.45) is 0 Å².